The number of aliphatic carboxylic acids is 1. The van der Waals surface area contributed by atoms with Crippen molar-refractivity contribution < 1.29 is 14.7 Å². The van der Waals surface area contributed by atoms with E-state index in [0.717, 1.165) is 22.1 Å². The molecule has 5 heteroatoms. The molecule has 2 bridgehead atoms. The first kappa shape index (κ1) is 14.3. The number of carbonyl (C=O) groups is 2. The fourth-order valence-electron chi connectivity index (χ4n) is 3.48. The Balaban J connectivity index is 1.84. The van der Waals surface area contributed by atoms with Gasteiger partial charge in [-0.25, -0.2) is 0 Å². The van der Waals surface area contributed by atoms with Gasteiger partial charge in [-0.15, -0.1) is 0 Å². The average molecular weight is 350 g/mol. The Morgan fingerprint density at radius 1 is 1.24 bits per heavy atom. The fraction of sp³-hybridized carbons (Fsp3) is 0.375. The van der Waals surface area contributed by atoms with Gasteiger partial charge in [0.25, 0.3) is 0 Å². The minimum atomic E-state index is -0.877. The van der Waals surface area contributed by atoms with Crippen LogP contribution >= 0.6 is 15.9 Å². The lowest BCUT2D eigenvalue weighted by atomic mass is 9.82. The number of hydrogen-bond donors (Lipinski definition) is 2. The van der Waals surface area contributed by atoms with Gasteiger partial charge in [0.15, 0.2) is 0 Å². The molecule has 0 saturated heterocycles. The number of halogens is 1. The highest BCUT2D eigenvalue weighted by atomic mass is 79.9. The predicted octanol–water partition coefficient (Wildman–Crippen LogP) is 3.22. The van der Waals surface area contributed by atoms with Crippen molar-refractivity contribution in [2.45, 2.75) is 13.3 Å². The minimum Gasteiger partial charge on any atom is -0.481 e. The molecule has 4 nitrogen and oxygen atoms in total. The summed E-state index contributed by atoms with van der Waals surface area (Å²) in [5.74, 6) is -2.11. The highest BCUT2D eigenvalue weighted by molar-refractivity contribution is 9.10. The number of nitrogens with one attached hydrogen (secondary N) is 1. The molecule has 110 valence electrons. The topological polar surface area (TPSA) is 66.4 Å². The molecule has 3 rings (SSSR count). The van der Waals surface area contributed by atoms with Crippen LogP contribution in [0.1, 0.15) is 12.0 Å². The Bertz CT molecular complexity index is 640. The van der Waals surface area contributed by atoms with Gasteiger partial charge in [0, 0.05) is 10.2 Å². The number of amides is 1. The van der Waals surface area contributed by atoms with E-state index in [1.165, 1.54) is 0 Å². The molecule has 0 heterocycles. The third kappa shape index (κ3) is 2.39. The fourth-order valence-corrected chi connectivity index (χ4v) is 3.84. The van der Waals surface area contributed by atoms with Crippen molar-refractivity contribution in [3.8, 4) is 0 Å². The van der Waals surface area contributed by atoms with Crippen LogP contribution in [0.2, 0.25) is 0 Å². The van der Waals surface area contributed by atoms with E-state index >= 15 is 0 Å². The number of carboxylic acid groups (broad SMARTS) is 1. The van der Waals surface area contributed by atoms with E-state index in [-0.39, 0.29) is 17.7 Å². The zero-order chi connectivity index (χ0) is 15.1. The van der Waals surface area contributed by atoms with Gasteiger partial charge in [-0.3, -0.25) is 9.59 Å². The van der Waals surface area contributed by atoms with E-state index in [4.69, 9.17) is 0 Å². The van der Waals surface area contributed by atoms with Gasteiger partial charge < -0.3 is 10.4 Å². The molecular formula is C16H16BrNO3. The second kappa shape index (κ2) is 5.30. The maximum Gasteiger partial charge on any atom is 0.307 e. The molecule has 0 radical (unpaired) electrons. The maximum atomic E-state index is 12.6. The normalized spacial score (nSPS) is 29.6. The van der Waals surface area contributed by atoms with Gasteiger partial charge in [0.1, 0.15) is 0 Å². The lowest BCUT2D eigenvalue weighted by Gasteiger charge is -2.24. The quantitative estimate of drug-likeness (QED) is 0.823. The standard InChI is InChI=1S/C16H16BrNO3/c1-8-11(17)3-2-4-12(8)18-15(19)13-9-5-6-10(7-9)14(13)16(20)21/h2-6,9-10,13-14H,7H2,1H3,(H,18,19)(H,20,21). The van der Waals surface area contributed by atoms with Gasteiger partial charge in [-0.1, -0.05) is 34.1 Å². The highest BCUT2D eigenvalue weighted by Gasteiger charge is 2.51. The maximum absolute atomic E-state index is 12.6. The molecule has 2 aliphatic rings. The number of carboxylic acids is 1. The summed E-state index contributed by atoms with van der Waals surface area (Å²) in [6.07, 6.45) is 4.70. The summed E-state index contributed by atoms with van der Waals surface area (Å²) < 4.78 is 0.919. The first-order chi connectivity index (χ1) is 9.99. The van der Waals surface area contributed by atoms with E-state index in [9.17, 15) is 14.7 Å². The van der Waals surface area contributed by atoms with E-state index in [1.54, 1.807) is 0 Å². The van der Waals surface area contributed by atoms with Crippen LogP contribution in [-0.2, 0) is 9.59 Å². The summed E-state index contributed by atoms with van der Waals surface area (Å²) in [5, 5.41) is 12.3. The minimum absolute atomic E-state index is 0.00754. The Morgan fingerprint density at radius 2 is 1.90 bits per heavy atom. The molecule has 1 aromatic rings. The lowest BCUT2D eigenvalue weighted by Crippen LogP contribution is -2.36. The van der Waals surface area contributed by atoms with Crippen molar-refractivity contribution in [1.29, 1.82) is 0 Å². The van der Waals surface area contributed by atoms with Crippen LogP contribution in [0.5, 0.6) is 0 Å². The van der Waals surface area contributed by atoms with Crippen LogP contribution < -0.4 is 5.32 Å². The van der Waals surface area contributed by atoms with Crippen LogP contribution in [-0.4, -0.2) is 17.0 Å². The molecule has 4 atom stereocenters. The van der Waals surface area contributed by atoms with Crippen molar-refractivity contribution in [2.75, 3.05) is 5.32 Å². The summed E-state index contributed by atoms with van der Waals surface area (Å²) in [7, 11) is 0. The molecule has 1 aromatic carbocycles. The molecule has 21 heavy (non-hydrogen) atoms. The first-order valence-electron chi connectivity index (χ1n) is 6.96. The average Bonchev–Trinajstić information content (AvgIpc) is 3.04. The van der Waals surface area contributed by atoms with Crippen LogP contribution in [0.15, 0.2) is 34.8 Å². The Labute approximate surface area is 131 Å². The SMILES string of the molecule is Cc1c(Br)cccc1NC(=O)C1C2C=CC(C2)C1C(=O)O. The van der Waals surface area contributed by atoms with Gasteiger partial charge in [-0.05, 0) is 42.9 Å². The Kier molecular flexibility index (Phi) is 3.61. The zero-order valence-corrected chi connectivity index (χ0v) is 13.1. The second-order valence-corrected chi connectivity index (χ2v) is 6.59. The number of rotatable bonds is 3. The molecule has 0 spiro atoms. The number of carbonyl (C=O) groups excluding carboxylic acids is 1. The number of hydrogen-bond acceptors (Lipinski definition) is 2. The Morgan fingerprint density at radius 3 is 2.57 bits per heavy atom. The zero-order valence-electron chi connectivity index (χ0n) is 11.5. The van der Waals surface area contributed by atoms with Crippen molar-refractivity contribution in [2.24, 2.45) is 23.7 Å². The molecule has 2 N–H and O–H groups in total. The van der Waals surface area contributed by atoms with Gasteiger partial charge >= 0.3 is 5.97 Å². The summed E-state index contributed by atoms with van der Waals surface area (Å²) in [5.41, 5.74) is 1.67. The number of fused-ring (bicyclic) bond motifs is 2. The van der Waals surface area contributed by atoms with E-state index in [0.29, 0.717) is 0 Å². The van der Waals surface area contributed by atoms with Gasteiger partial charge in [0.05, 0.1) is 11.8 Å². The molecule has 0 aromatic heterocycles. The summed E-state index contributed by atoms with van der Waals surface area (Å²) in [6, 6.07) is 5.59. The van der Waals surface area contributed by atoms with Crippen molar-refractivity contribution in [1.82, 2.24) is 0 Å². The molecule has 2 aliphatic carbocycles. The summed E-state index contributed by atoms with van der Waals surface area (Å²) in [6.45, 7) is 1.91. The Hall–Kier alpha value is -1.62. The van der Waals surface area contributed by atoms with Crippen molar-refractivity contribution >= 4 is 33.5 Å². The molecule has 1 amide bonds. The van der Waals surface area contributed by atoms with Crippen molar-refractivity contribution in [3.05, 3.63) is 40.4 Å². The van der Waals surface area contributed by atoms with Gasteiger partial charge in [0.2, 0.25) is 5.91 Å². The highest BCUT2D eigenvalue weighted by Crippen LogP contribution is 2.48. The number of anilines is 1. The molecule has 1 saturated carbocycles. The van der Waals surface area contributed by atoms with Crippen LogP contribution in [0.3, 0.4) is 0 Å². The number of allylic oxidation sites excluding steroid dienone is 2. The lowest BCUT2D eigenvalue weighted by molar-refractivity contribution is -0.146. The van der Waals surface area contributed by atoms with Gasteiger partial charge in [-0.2, -0.15) is 0 Å². The summed E-state index contributed by atoms with van der Waals surface area (Å²) in [4.78, 5) is 24.0. The largest absolute Gasteiger partial charge is 0.481 e. The smallest absolute Gasteiger partial charge is 0.307 e. The van der Waals surface area contributed by atoms with E-state index in [1.807, 2.05) is 37.3 Å². The van der Waals surface area contributed by atoms with Crippen molar-refractivity contribution in [3.63, 3.8) is 0 Å². The van der Waals surface area contributed by atoms with E-state index in [2.05, 4.69) is 21.2 Å². The summed E-state index contributed by atoms with van der Waals surface area (Å²) >= 11 is 3.43. The first-order valence-corrected chi connectivity index (χ1v) is 7.75. The molecule has 0 aliphatic heterocycles. The molecular weight excluding hydrogens is 334 g/mol. The third-order valence-corrected chi connectivity index (χ3v) is 5.43. The predicted molar refractivity (Wildman–Crippen MR) is 82.9 cm³/mol. The molecule has 1 fully saturated rings. The van der Waals surface area contributed by atoms with Crippen LogP contribution in [0, 0.1) is 30.6 Å². The third-order valence-electron chi connectivity index (χ3n) is 4.57. The molecule has 4 unspecified atom stereocenters. The number of benzene rings is 1. The van der Waals surface area contributed by atoms with Crippen LogP contribution in [0.4, 0.5) is 5.69 Å². The van der Waals surface area contributed by atoms with E-state index < -0.39 is 17.8 Å². The monoisotopic (exact) mass is 349 g/mol. The second-order valence-electron chi connectivity index (χ2n) is 5.74. The van der Waals surface area contributed by atoms with Crippen LogP contribution in [0.25, 0.3) is 0 Å².